The predicted octanol–water partition coefficient (Wildman–Crippen LogP) is 1.31. The molecule has 0 saturated carbocycles. The van der Waals surface area contributed by atoms with Gasteiger partial charge in [0.05, 0.1) is 6.42 Å². The van der Waals surface area contributed by atoms with Gasteiger partial charge < -0.3 is 5.73 Å². The molecule has 0 spiro atoms. The Labute approximate surface area is 99.3 Å². The summed E-state index contributed by atoms with van der Waals surface area (Å²) in [4.78, 5) is 16.1. The van der Waals surface area contributed by atoms with Gasteiger partial charge >= 0.3 is 0 Å². The number of hydrogen-bond donors (Lipinski definition) is 1. The molecule has 2 rings (SSSR count). The van der Waals surface area contributed by atoms with Crippen LogP contribution in [-0.2, 0) is 13.0 Å². The summed E-state index contributed by atoms with van der Waals surface area (Å²) >= 11 is 0. The third-order valence-corrected chi connectivity index (χ3v) is 2.58. The zero-order valence-corrected chi connectivity index (χ0v) is 9.63. The molecule has 1 heterocycles. The van der Waals surface area contributed by atoms with Gasteiger partial charge in [-0.1, -0.05) is 12.1 Å². The first kappa shape index (κ1) is 11.3. The van der Waals surface area contributed by atoms with Crippen LogP contribution in [0, 0.1) is 0 Å². The van der Waals surface area contributed by atoms with E-state index < -0.39 is 0 Å². The lowest BCUT2D eigenvalue weighted by molar-refractivity contribution is 0.0990. The molecule has 0 aliphatic rings. The Morgan fingerprint density at radius 3 is 2.88 bits per heavy atom. The fourth-order valence-electron chi connectivity index (χ4n) is 1.68. The Hall–Kier alpha value is -2.17. The third kappa shape index (κ3) is 2.33. The Balaban J connectivity index is 2.20. The van der Waals surface area contributed by atoms with Crippen molar-refractivity contribution in [3.05, 3.63) is 42.0 Å². The predicted molar refractivity (Wildman–Crippen MR) is 64.6 cm³/mol. The Morgan fingerprint density at radius 1 is 1.41 bits per heavy atom. The fourth-order valence-corrected chi connectivity index (χ4v) is 1.68. The zero-order valence-electron chi connectivity index (χ0n) is 9.63. The van der Waals surface area contributed by atoms with Gasteiger partial charge in [-0.3, -0.25) is 4.79 Å². The third-order valence-electron chi connectivity index (χ3n) is 2.58. The molecule has 0 unspecified atom stereocenters. The maximum absolute atomic E-state index is 12.0. The van der Waals surface area contributed by atoms with Gasteiger partial charge in [-0.25, -0.2) is 9.67 Å². The summed E-state index contributed by atoms with van der Waals surface area (Å²) in [5.74, 6) is 0.631. The van der Waals surface area contributed by atoms with Crippen molar-refractivity contribution < 1.29 is 4.79 Å². The van der Waals surface area contributed by atoms with Crippen molar-refractivity contribution in [3.63, 3.8) is 0 Å². The molecule has 5 heteroatoms. The Bertz CT molecular complexity index is 533. The maximum Gasteiger partial charge on any atom is 0.172 e. The van der Waals surface area contributed by atoms with Crippen LogP contribution in [0.15, 0.2) is 30.6 Å². The average Bonchev–Trinajstić information content (AvgIpc) is 2.76. The number of para-hydroxylation sites is 1. The summed E-state index contributed by atoms with van der Waals surface area (Å²) in [6.07, 6.45) is 1.68. The summed E-state index contributed by atoms with van der Waals surface area (Å²) in [5, 5.41) is 4.03. The number of aromatic nitrogens is 3. The molecule has 0 aliphatic carbocycles. The van der Waals surface area contributed by atoms with Gasteiger partial charge in [-0.2, -0.15) is 5.10 Å². The normalized spacial score (nSPS) is 10.4. The van der Waals surface area contributed by atoms with E-state index in [0.29, 0.717) is 23.6 Å². The number of ketones is 1. The number of carbonyl (C=O) groups excluding carboxylic acids is 1. The molecule has 1 aromatic heterocycles. The summed E-state index contributed by atoms with van der Waals surface area (Å²) in [6, 6.07) is 7.05. The summed E-state index contributed by atoms with van der Waals surface area (Å²) < 4.78 is 1.71. The number of hydrogen-bond acceptors (Lipinski definition) is 4. The summed E-state index contributed by atoms with van der Waals surface area (Å²) in [6.45, 7) is 2.66. The number of benzene rings is 1. The SMILES string of the molecule is CCn1ncnc1CC(=O)c1ccccc1N. The van der Waals surface area contributed by atoms with Crippen molar-refractivity contribution >= 4 is 11.5 Å². The second-order valence-corrected chi connectivity index (χ2v) is 3.68. The van der Waals surface area contributed by atoms with Crippen LogP contribution in [0.4, 0.5) is 5.69 Å². The molecule has 0 saturated heterocycles. The zero-order chi connectivity index (χ0) is 12.3. The number of nitrogens with two attached hydrogens (primary N) is 1. The fraction of sp³-hybridized carbons (Fsp3) is 0.250. The van der Waals surface area contributed by atoms with E-state index in [9.17, 15) is 4.79 Å². The molecule has 17 heavy (non-hydrogen) atoms. The van der Waals surface area contributed by atoms with Gasteiger partial charge in [0.2, 0.25) is 0 Å². The van der Waals surface area contributed by atoms with Crippen LogP contribution >= 0.6 is 0 Å². The highest BCUT2D eigenvalue weighted by atomic mass is 16.1. The highest BCUT2D eigenvalue weighted by molar-refractivity contribution is 6.01. The lowest BCUT2D eigenvalue weighted by Crippen LogP contribution is -2.12. The smallest absolute Gasteiger partial charge is 0.172 e. The Morgan fingerprint density at radius 2 is 2.18 bits per heavy atom. The molecular formula is C12H14N4O. The minimum atomic E-state index is -0.0363. The largest absolute Gasteiger partial charge is 0.398 e. The lowest BCUT2D eigenvalue weighted by atomic mass is 10.1. The molecule has 1 aromatic carbocycles. The molecule has 0 aliphatic heterocycles. The lowest BCUT2D eigenvalue weighted by Gasteiger charge is -2.04. The second kappa shape index (κ2) is 4.78. The van der Waals surface area contributed by atoms with Gasteiger partial charge in [-0.05, 0) is 19.1 Å². The van der Waals surface area contributed by atoms with Crippen molar-refractivity contribution in [1.82, 2.24) is 14.8 Å². The second-order valence-electron chi connectivity index (χ2n) is 3.68. The van der Waals surface area contributed by atoms with E-state index in [1.807, 2.05) is 6.92 Å². The van der Waals surface area contributed by atoms with Crippen molar-refractivity contribution in [2.45, 2.75) is 19.9 Å². The number of aryl methyl sites for hydroxylation is 1. The van der Waals surface area contributed by atoms with E-state index >= 15 is 0 Å². The van der Waals surface area contributed by atoms with Crippen LogP contribution in [0.2, 0.25) is 0 Å². The van der Waals surface area contributed by atoms with E-state index in [4.69, 9.17) is 5.73 Å². The van der Waals surface area contributed by atoms with Crippen LogP contribution in [-0.4, -0.2) is 20.5 Å². The molecule has 0 atom stereocenters. The molecule has 0 amide bonds. The standard InChI is InChI=1S/C12H14N4O/c1-2-16-12(14-8-15-16)7-11(17)9-5-3-4-6-10(9)13/h3-6,8H,2,7,13H2,1H3. The molecule has 0 bridgehead atoms. The highest BCUT2D eigenvalue weighted by Gasteiger charge is 2.13. The first-order valence-corrected chi connectivity index (χ1v) is 5.46. The van der Waals surface area contributed by atoms with Crippen LogP contribution in [0.25, 0.3) is 0 Å². The number of anilines is 1. The van der Waals surface area contributed by atoms with E-state index in [0.717, 1.165) is 0 Å². The van der Waals surface area contributed by atoms with Crippen molar-refractivity contribution in [3.8, 4) is 0 Å². The molecule has 88 valence electrons. The molecule has 0 fully saturated rings. The van der Waals surface area contributed by atoms with Crippen LogP contribution in [0.3, 0.4) is 0 Å². The van der Waals surface area contributed by atoms with Crippen molar-refractivity contribution in [2.24, 2.45) is 0 Å². The number of nitrogen functional groups attached to an aromatic ring is 1. The summed E-state index contributed by atoms with van der Waals surface area (Å²) in [5.41, 5.74) is 6.80. The first-order chi connectivity index (χ1) is 8.22. The van der Waals surface area contributed by atoms with Gasteiger partial charge in [0, 0.05) is 17.8 Å². The van der Waals surface area contributed by atoms with Crippen molar-refractivity contribution in [2.75, 3.05) is 5.73 Å². The van der Waals surface area contributed by atoms with Gasteiger partial charge in [0.25, 0.3) is 0 Å². The van der Waals surface area contributed by atoms with Crippen LogP contribution in [0.5, 0.6) is 0 Å². The minimum absolute atomic E-state index is 0.0363. The molecule has 2 N–H and O–H groups in total. The topological polar surface area (TPSA) is 73.8 Å². The van der Waals surface area contributed by atoms with Crippen molar-refractivity contribution in [1.29, 1.82) is 0 Å². The van der Waals surface area contributed by atoms with Crippen LogP contribution < -0.4 is 5.73 Å². The average molecular weight is 230 g/mol. The number of rotatable bonds is 4. The number of nitrogens with zero attached hydrogens (tertiary/aromatic N) is 3. The summed E-state index contributed by atoms with van der Waals surface area (Å²) in [7, 11) is 0. The molecular weight excluding hydrogens is 216 g/mol. The van der Waals surface area contributed by atoms with E-state index in [1.165, 1.54) is 6.33 Å². The molecule has 0 radical (unpaired) electrons. The quantitative estimate of drug-likeness (QED) is 0.634. The van der Waals surface area contributed by atoms with Crippen LogP contribution in [0.1, 0.15) is 23.1 Å². The monoisotopic (exact) mass is 230 g/mol. The number of carbonyl (C=O) groups is 1. The minimum Gasteiger partial charge on any atom is -0.398 e. The Kier molecular flexibility index (Phi) is 3.18. The van der Waals surface area contributed by atoms with Gasteiger partial charge in [0.15, 0.2) is 5.78 Å². The van der Waals surface area contributed by atoms with E-state index in [2.05, 4.69) is 10.1 Å². The van der Waals surface area contributed by atoms with E-state index in [-0.39, 0.29) is 12.2 Å². The highest BCUT2D eigenvalue weighted by Crippen LogP contribution is 2.13. The van der Waals surface area contributed by atoms with Gasteiger partial charge in [-0.15, -0.1) is 0 Å². The maximum atomic E-state index is 12.0. The number of Topliss-reactive ketones (excluding diaryl/α,β-unsaturated/α-hetero) is 1. The molecule has 2 aromatic rings. The first-order valence-electron chi connectivity index (χ1n) is 5.46. The van der Waals surface area contributed by atoms with Gasteiger partial charge in [0.1, 0.15) is 12.2 Å². The molecule has 5 nitrogen and oxygen atoms in total. The van der Waals surface area contributed by atoms with E-state index in [1.54, 1.807) is 28.9 Å².